The van der Waals surface area contributed by atoms with Crippen LogP contribution in [0.3, 0.4) is 0 Å². The second kappa shape index (κ2) is 7.04. The Morgan fingerprint density at radius 1 is 1.40 bits per heavy atom. The van der Waals surface area contributed by atoms with Crippen molar-refractivity contribution < 1.29 is 19.4 Å². The molecular formula is C14H24N2O4. The largest absolute Gasteiger partial charge is 0.481 e. The molecule has 0 aromatic carbocycles. The number of nitrogens with one attached hydrogen (secondary N) is 1. The van der Waals surface area contributed by atoms with E-state index in [4.69, 9.17) is 9.84 Å². The van der Waals surface area contributed by atoms with Crippen LogP contribution in [0.2, 0.25) is 0 Å². The quantitative estimate of drug-likeness (QED) is 0.734. The number of carbonyl (C=O) groups excluding carboxylic acids is 1. The van der Waals surface area contributed by atoms with Gasteiger partial charge in [-0.1, -0.05) is 6.92 Å². The molecule has 1 amide bonds. The number of ether oxygens (including phenoxy) is 1. The average molecular weight is 284 g/mol. The molecule has 2 aliphatic rings. The molecule has 20 heavy (non-hydrogen) atoms. The summed E-state index contributed by atoms with van der Waals surface area (Å²) in [5.74, 6) is -0.689. The number of carboxylic acid groups (broad SMARTS) is 1. The van der Waals surface area contributed by atoms with Crippen molar-refractivity contribution in [3.8, 4) is 0 Å². The molecule has 2 heterocycles. The SMILES string of the molecule is CCCNC1COCC1C(=O)N1CCC(CC(=O)O)C1. The second-order valence-electron chi connectivity index (χ2n) is 5.74. The van der Waals surface area contributed by atoms with Gasteiger partial charge in [0.1, 0.15) is 0 Å². The molecule has 2 aliphatic heterocycles. The predicted molar refractivity (Wildman–Crippen MR) is 73.3 cm³/mol. The third-order valence-electron chi connectivity index (χ3n) is 4.12. The Kier molecular flexibility index (Phi) is 5.37. The molecule has 6 heteroatoms. The molecule has 0 bridgehead atoms. The highest BCUT2D eigenvalue weighted by Crippen LogP contribution is 2.24. The number of hydrogen-bond acceptors (Lipinski definition) is 4. The molecule has 2 N–H and O–H groups in total. The Labute approximate surface area is 119 Å². The number of aliphatic carboxylic acids is 1. The number of rotatable bonds is 6. The average Bonchev–Trinajstić information content (AvgIpc) is 3.03. The van der Waals surface area contributed by atoms with Crippen molar-refractivity contribution in [3.63, 3.8) is 0 Å². The second-order valence-corrected chi connectivity index (χ2v) is 5.74. The highest BCUT2D eigenvalue weighted by Gasteiger charge is 2.38. The summed E-state index contributed by atoms with van der Waals surface area (Å²) in [6, 6.07) is 0.0981. The summed E-state index contributed by atoms with van der Waals surface area (Å²) in [5, 5.41) is 12.2. The zero-order chi connectivity index (χ0) is 14.5. The lowest BCUT2D eigenvalue weighted by molar-refractivity contribution is -0.139. The summed E-state index contributed by atoms with van der Waals surface area (Å²) >= 11 is 0. The fraction of sp³-hybridized carbons (Fsp3) is 0.857. The van der Waals surface area contributed by atoms with Crippen LogP contribution in [0.5, 0.6) is 0 Å². The first kappa shape index (κ1) is 15.3. The van der Waals surface area contributed by atoms with Gasteiger partial charge in [0.05, 0.1) is 19.1 Å². The van der Waals surface area contributed by atoms with E-state index >= 15 is 0 Å². The molecule has 0 radical (unpaired) electrons. The number of carbonyl (C=O) groups is 2. The normalized spacial score (nSPS) is 29.9. The van der Waals surface area contributed by atoms with Crippen LogP contribution in [-0.4, -0.2) is 60.8 Å². The van der Waals surface area contributed by atoms with Crippen molar-refractivity contribution >= 4 is 11.9 Å². The minimum atomic E-state index is -0.781. The van der Waals surface area contributed by atoms with E-state index in [0.717, 1.165) is 19.4 Å². The van der Waals surface area contributed by atoms with Gasteiger partial charge in [0.25, 0.3) is 0 Å². The Morgan fingerprint density at radius 3 is 2.90 bits per heavy atom. The first-order valence-electron chi connectivity index (χ1n) is 7.43. The van der Waals surface area contributed by atoms with Gasteiger partial charge in [-0.05, 0) is 25.3 Å². The molecule has 0 saturated carbocycles. The number of nitrogens with zero attached hydrogens (tertiary/aromatic N) is 1. The van der Waals surface area contributed by atoms with E-state index in [1.165, 1.54) is 0 Å². The summed E-state index contributed by atoms with van der Waals surface area (Å²) in [4.78, 5) is 25.0. The van der Waals surface area contributed by atoms with E-state index in [-0.39, 0.29) is 30.2 Å². The van der Waals surface area contributed by atoms with Gasteiger partial charge in [0.2, 0.25) is 5.91 Å². The van der Waals surface area contributed by atoms with Gasteiger partial charge in [-0.25, -0.2) is 0 Å². The molecule has 2 rings (SSSR count). The van der Waals surface area contributed by atoms with Crippen LogP contribution in [0.1, 0.15) is 26.2 Å². The van der Waals surface area contributed by atoms with E-state index in [1.807, 2.05) is 4.90 Å². The molecule has 3 atom stereocenters. The Morgan fingerprint density at radius 2 is 2.20 bits per heavy atom. The maximum Gasteiger partial charge on any atom is 0.303 e. The van der Waals surface area contributed by atoms with Crippen LogP contribution >= 0.6 is 0 Å². The van der Waals surface area contributed by atoms with Gasteiger partial charge in [0.15, 0.2) is 0 Å². The highest BCUT2D eigenvalue weighted by atomic mass is 16.5. The van der Waals surface area contributed by atoms with Gasteiger partial charge in [-0.2, -0.15) is 0 Å². The van der Waals surface area contributed by atoms with Gasteiger partial charge in [-0.3, -0.25) is 9.59 Å². The molecule has 0 spiro atoms. The van der Waals surface area contributed by atoms with Crippen molar-refractivity contribution in [2.24, 2.45) is 11.8 Å². The van der Waals surface area contributed by atoms with E-state index in [2.05, 4.69) is 12.2 Å². The molecule has 0 aromatic rings. The van der Waals surface area contributed by atoms with Gasteiger partial charge in [0, 0.05) is 25.6 Å². The molecule has 2 fully saturated rings. The van der Waals surface area contributed by atoms with Crippen molar-refractivity contribution in [3.05, 3.63) is 0 Å². The fourth-order valence-electron chi connectivity index (χ4n) is 3.01. The van der Waals surface area contributed by atoms with Crippen LogP contribution in [0.25, 0.3) is 0 Å². The first-order chi connectivity index (χ1) is 9.61. The Bertz CT molecular complexity index is 361. The molecule has 6 nitrogen and oxygen atoms in total. The van der Waals surface area contributed by atoms with Gasteiger partial charge >= 0.3 is 5.97 Å². The first-order valence-corrected chi connectivity index (χ1v) is 7.43. The van der Waals surface area contributed by atoms with Crippen LogP contribution in [0.15, 0.2) is 0 Å². The van der Waals surface area contributed by atoms with Gasteiger partial charge in [-0.15, -0.1) is 0 Å². The third-order valence-corrected chi connectivity index (χ3v) is 4.12. The monoisotopic (exact) mass is 284 g/mol. The summed E-state index contributed by atoms with van der Waals surface area (Å²) in [6.45, 7) is 5.29. The third kappa shape index (κ3) is 3.70. The molecule has 3 unspecified atom stereocenters. The molecule has 114 valence electrons. The van der Waals surface area contributed by atoms with Crippen molar-refractivity contribution in [2.45, 2.75) is 32.2 Å². The topological polar surface area (TPSA) is 78.9 Å². The smallest absolute Gasteiger partial charge is 0.303 e. The van der Waals surface area contributed by atoms with Crippen molar-refractivity contribution in [1.82, 2.24) is 10.2 Å². The minimum absolute atomic E-state index is 0.0980. The fourth-order valence-corrected chi connectivity index (χ4v) is 3.01. The lowest BCUT2D eigenvalue weighted by Crippen LogP contribution is -2.45. The number of amides is 1. The number of carboxylic acids is 1. The lowest BCUT2D eigenvalue weighted by Gasteiger charge is -2.24. The van der Waals surface area contributed by atoms with E-state index in [1.54, 1.807) is 0 Å². The molecule has 0 aromatic heterocycles. The van der Waals surface area contributed by atoms with Crippen LogP contribution in [0.4, 0.5) is 0 Å². The van der Waals surface area contributed by atoms with Crippen molar-refractivity contribution in [1.29, 1.82) is 0 Å². The van der Waals surface area contributed by atoms with E-state index < -0.39 is 5.97 Å². The van der Waals surface area contributed by atoms with Crippen LogP contribution < -0.4 is 5.32 Å². The minimum Gasteiger partial charge on any atom is -0.481 e. The molecule has 0 aliphatic carbocycles. The van der Waals surface area contributed by atoms with Crippen LogP contribution in [0, 0.1) is 11.8 Å². The standard InChI is InChI=1S/C14H24N2O4/c1-2-4-15-12-9-20-8-11(12)14(19)16-5-3-10(7-16)6-13(17)18/h10-12,15H,2-9H2,1H3,(H,17,18). The highest BCUT2D eigenvalue weighted by molar-refractivity contribution is 5.80. The van der Waals surface area contributed by atoms with E-state index in [9.17, 15) is 9.59 Å². The van der Waals surface area contributed by atoms with E-state index in [0.29, 0.717) is 26.3 Å². The van der Waals surface area contributed by atoms with Crippen molar-refractivity contribution in [2.75, 3.05) is 32.8 Å². The van der Waals surface area contributed by atoms with Gasteiger partial charge < -0.3 is 20.1 Å². The summed E-state index contributed by atoms with van der Waals surface area (Å²) in [6.07, 6.45) is 1.98. The van der Waals surface area contributed by atoms with Crippen LogP contribution in [-0.2, 0) is 14.3 Å². The maximum atomic E-state index is 12.5. The maximum absolute atomic E-state index is 12.5. The summed E-state index contributed by atoms with van der Waals surface area (Å²) < 4.78 is 5.43. The number of likely N-dealkylation sites (tertiary alicyclic amines) is 1. The zero-order valence-electron chi connectivity index (χ0n) is 12.0. The Hall–Kier alpha value is -1.14. The predicted octanol–water partition coefficient (Wildman–Crippen LogP) is 0.324. The summed E-state index contributed by atoms with van der Waals surface area (Å²) in [7, 11) is 0. The number of hydrogen-bond donors (Lipinski definition) is 2. The summed E-state index contributed by atoms with van der Waals surface area (Å²) in [5.41, 5.74) is 0. The lowest BCUT2D eigenvalue weighted by atomic mass is 10.0. The zero-order valence-corrected chi connectivity index (χ0v) is 12.0. The molecule has 2 saturated heterocycles. The Balaban J connectivity index is 1.86. The molecular weight excluding hydrogens is 260 g/mol.